The lowest BCUT2D eigenvalue weighted by Gasteiger charge is -2.34. The minimum absolute atomic E-state index is 0.00586. The van der Waals surface area contributed by atoms with Gasteiger partial charge in [0, 0.05) is 19.2 Å². The van der Waals surface area contributed by atoms with Gasteiger partial charge in [0.15, 0.2) is 0 Å². The molecule has 160 valence electrons. The van der Waals surface area contributed by atoms with E-state index in [2.05, 4.69) is 4.72 Å². The molecule has 1 fully saturated rings. The molecule has 1 aliphatic rings. The zero-order chi connectivity index (χ0) is 21.7. The van der Waals surface area contributed by atoms with Crippen molar-refractivity contribution >= 4 is 27.7 Å². The first kappa shape index (κ1) is 21.9. The lowest BCUT2D eigenvalue weighted by molar-refractivity contribution is -0.137. The average Bonchev–Trinajstić information content (AvgIpc) is 2.71. The van der Waals surface area contributed by atoms with Crippen LogP contribution in [-0.2, 0) is 19.6 Å². The highest BCUT2D eigenvalue weighted by molar-refractivity contribution is 7.92. The number of ether oxygens (including phenoxy) is 2. The van der Waals surface area contributed by atoms with Crippen molar-refractivity contribution in [3.8, 4) is 5.75 Å². The van der Waals surface area contributed by atoms with Crippen LogP contribution >= 0.6 is 0 Å². The van der Waals surface area contributed by atoms with Crippen molar-refractivity contribution in [1.82, 2.24) is 4.90 Å². The van der Waals surface area contributed by atoms with Crippen molar-refractivity contribution in [3.05, 3.63) is 60.2 Å². The molecule has 0 radical (unpaired) electrons. The molecule has 1 aliphatic heterocycles. The molecule has 2 unspecified atom stereocenters. The lowest BCUT2D eigenvalue weighted by atomic mass is 10.2. The van der Waals surface area contributed by atoms with Crippen molar-refractivity contribution in [1.29, 1.82) is 0 Å². The molecule has 2 atom stereocenters. The number of nitrogens with one attached hydrogen (secondary N) is 1. The maximum atomic E-state index is 12.7. The molecule has 1 amide bonds. The number of sulfonamides is 1. The van der Waals surface area contributed by atoms with E-state index in [0.717, 1.165) is 5.56 Å². The third kappa shape index (κ3) is 5.40. The number of amides is 1. The fraction of sp³-hybridized carbons (Fsp3) is 0.318. The zero-order valence-electron chi connectivity index (χ0n) is 17.2. The predicted octanol–water partition coefficient (Wildman–Crippen LogP) is 3.15. The molecule has 1 N–H and O–H groups in total. The minimum atomic E-state index is -3.77. The van der Waals surface area contributed by atoms with Gasteiger partial charge in [-0.15, -0.1) is 0 Å². The normalized spacial score (nSPS) is 19.6. The summed E-state index contributed by atoms with van der Waals surface area (Å²) in [7, 11) is -2.29. The second-order valence-corrected chi connectivity index (χ2v) is 8.89. The Kier molecular flexibility index (Phi) is 6.79. The number of para-hydroxylation sites is 2. The minimum Gasteiger partial charge on any atom is -0.495 e. The SMILES string of the molecule is COc1ccccc1NS(=O)(=O)c1ccc(/C=C/C(=O)N2CC(C)OC(C)C2)cc1. The highest BCUT2D eigenvalue weighted by atomic mass is 32.2. The predicted molar refractivity (Wildman–Crippen MR) is 116 cm³/mol. The van der Waals surface area contributed by atoms with E-state index < -0.39 is 10.0 Å². The number of morpholine rings is 1. The fourth-order valence-electron chi connectivity index (χ4n) is 3.32. The van der Waals surface area contributed by atoms with E-state index in [9.17, 15) is 13.2 Å². The topological polar surface area (TPSA) is 84.9 Å². The van der Waals surface area contributed by atoms with Gasteiger partial charge >= 0.3 is 0 Å². The molecular weight excluding hydrogens is 404 g/mol. The third-order valence-electron chi connectivity index (χ3n) is 4.69. The number of hydrogen-bond acceptors (Lipinski definition) is 5. The second kappa shape index (κ2) is 9.32. The number of benzene rings is 2. The van der Waals surface area contributed by atoms with E-state index >= 15 is 0 Å². The Morgan fingerprint density at radius 3 is 2.37 bits per heavy atom. The van der Waals surface area contributed by atoms with Crippen molar-refractivity contribution in [3.63, 3.8) is 0 Å². The number of nitrogens with zero attached hydrogens (tertiary/aromatic N) is 1. The summed E-state index contributed by atoms with van der Waals surface area (Å²) in [6.07, 6.45) is 3.19. The first-order valence-electron chi connectivity index (χ1n) is 9.67. The molecule has 8 heteroatoms. The number of carbonyl (C=O) groups excluding carboxylic acids is 1. The second-order valence-electron chi connectivity index (χ2n) is 7.21. The van der Waals surface area contributed by atoms with Gasteiger partial charge in [0.1, 0.15) is 5.75 Å². The van der Waals surface area contributed by atoms with Gasteiger partial charge in [-0.05, 0) is 49.8 Å². The molecule has 0 aliphatic carbocycles. The van der Waals surface area contributed by atoms with Gasteiger partial charge in [0.25, 0.3) is 10.0 Å². The summed E-state index contributed by atoms with van der Waals surface area (Å²) in [4.78, 5) is 14.3. The monoisotopic (exact) mass is 430 g/mol. The first-order chi connectivity index (χ1) is 14.3. The van der Waals surface area contributed by atoms with Crippen LogP contribution < -0.4 is 9.46 Å². The maximum Gasteiger partial charge on any atom is 0.262 e. The van der Waals surface area contributed by atoms with E-state index in [1.54, 1.807) is 47.4 Å². The van der Waals surface area contributed by atoms with E-state index in [4.69, 9.17) is 9.47 Å². The van der Waals surface area contributed by atoms with Crippen LogP contribution in [0.3, 0.4) is 0 Å². The third-order valence-corrected chi connectivity index (χ3v) is 6.07. The van der Waals surface area contributed by atoms with Gasteiger partial charge in [-0.3, -0.25) is 9.52 Å². The quantitative estimate of drug-likeness (QED) is 0.712. The van der Waals surface area contributed by atoms with Crippen LogP contribution in [0.5, 0.6) is 5.75 Å². The van der Waals surface area contributed by atoms with Gasteiger partial charge in [0.05, 0.1) is 29.9 Å². The van der Waals surface area contributed by atoms with E-state index in [1.807, 2.05) is 13.8 Å². The van der Waals surface area contributed by atoms with Crippen molar-refractivity contribution in [2.45, 2.75) is 31.0 Å². The van der Waals surface area contributed by atoms with Gasteiger partial charge in [-0.2, -0.15) is 0 Å². The summed E-state index contributed by atoms with van der Waals surface area (Å²) in [6, 6.07) is 13.1. The summed E-state index contributed by atoms with van der Waals surface area (Å²) in [5.74, 6) is 0.345. The highest BCUT2D eigenvalue weighted by Crippen LogP contribution is 2.26. The van der Waals surface area contributed by atoms with Crippen LogP contribution in [0, 0.1) is 0 Å². The Balaban J connectivity index is 1.68. The average molecular weight is 431 g/mol. The summed E-state index contributed by atoms with van der Waals surface area (Å²) in [6.45, 7) is 4.99. The van der Waals surface area contributed by atoms with Crippen LogP contribution in [0.4, 0.5) is 5.69 Å². The maximum absolute atomic E-state index is 12.7. The zero-order valence-corrected chi connectivity index (χ0v) is 18.1. The molecule has 30 heavy (non-hydrogen) atoms. The van der Waals surface area contributed by atoms with Gasteiger partial charge in [-0.1, -0.05) is 24.3 Å². The largest absolute Gasteiger partial charge is 0.495 e. The standard InChI is InChI=1S/C22H26N2O5S/c1-16-14-24(15-17(2)29-16)22(25)13-10-18-8-11-19(12-9-18)30(26,27)23-20-6-4-5-7-21(20)28-3/h4-13,16-17,23H,14-15H2,1-3H3/b13-10+. The fourth-order valence-corrected chi connectivity index (χ4v) is 4.39. The van der Waals surface area contributed by atoms with Crippen molar-refractivity contribution < 1.29 is 22.7 Å². The molecule has 0 spiro atoms. The van der Waals surface area contributed by atoms with E-state index in [1.165, 1.54) is 25.3 Å². The van der Waals surface area contributed by atoms with Crippen LogP contribution in [-0.4, -0.2) is 51.6 Å². The number of hydrogen-bond donors (Lipinski definition) is 1. The smallest absolute Gasteiger partial charge is 0.262 e. The Morgan fingerprint density at radius 1 is 1.10 bits per heavy atom. The molecule has 7 nitrogen and oxygen atoms in total. The molecule has 2 aromatic carbocycles. The Labute approximate surface area is 177 Å². The number of carbonyl (C=O) groups is 1. The lowest BCUT2D eigenvalue weighted by Crippen LogP contribution is -2.47. The van der Waals surface area contributed by atoms with Crippen LogP contribution in [0.15, 0.2) is 59.5 Å². The number of rotatable bonds is 6. The van der Waals surface area contributed by atoms with Gasteiger partial charge in [0.2, 0.25) is 5.91 Å². The summed E-state index contributed by atoms with van der Waals surface area (Å²) in [5.41, 5.74) is 1.09. The van der Waals surface area contributed by atoms with Gasteiger partial charge in [-0.25, -0.2) is 8.42 Å². The highest BCUT2D eigenvalue weighted by Gasteiger charge is 2.24. The Bertz CT molecular complexity index is 1010. The molecule has 0 saturated carbocycles. The van der Waals surface area contributed by atoms with Crippen LogP contribution in [0.2, 0.25) is 0 Å². The summed E-state index contributed by atoms with van der Waals surface area (Å²) < 4.78 is 38.7. The van der Waals surface area contributed by atoms with E-state index in [0.29, 0.717) is 24.5 Å². The number of methoxy groups -OCH3 is 1. The van der Waals surface area contributed by atoms with Gasteiger partial charge < -0.3 is 14.4 Å². The summed E-state index contributed by atoms with van der Waals surface area (Å²) in [5, 5.41) is 0. The van der Waals surface area contributed by atoms with E-state index in [-0.39, 0.29) is 23.0 Å². The molecule has 0 aromatic heterocycles. The Morgan fingerprint density at radius 2 is 1.73 bits per heavy atom. The Hall–Kier alpha value is -2.84. The van der Waals surface area contributed by atoms with Crippen molar-refractivity contribution in [2.75, 3.05) is 24.9 Å². The molecular formula is C22H26N2O5S. The van der Waals surface area contributed by atoms with Crippen LogP contribution in [0.1, 0.15) is 19.4 Å². The molecule has 2 aromatic rings. The van der Waals surface area contributed by atoms with Crippen LogP contribution in [0.25, 0.3) is 6.08 Å². The first-order valence-corrected chi connectivity index (χ1v) is 11.1. The molecule has 1 heterocycles. The molecule has 3 rings (SSSR count). The van der Waals surface area contributed by atoms with Crippen molar-refractivity contribution in [2.24, 2.45) is 0 Å². The summed E-state index contributed by atoms with van der Waals surface area (Å²) >= 11 is 0. The molecule has 0 bridgehead atoms. The number of anilines is 1. The molecule has 1 saturated heterocycles.